The van der Waals surface area contributed by atoms with Gasteiger partial charge in [-0.15, -0.1) is 0 Å². The minimum atomic E-state index is -4.41. The molecule has 6 atom stereocenters. The molecular weight excluding hydrogens is 567 g/mol. The molecule has 1 aliphatic rings. The lowest BCUT2D eigenvalue weighted by Crippen LogP contribution is -2.43. The fourth-order valence-corrected chi connectivity index (χ4v) is 5.50. The number of nitrogens with zero attached hydrogens (tertiary/aromatic N) is 1. The zero-order valence-electron chi connectivity index (χ0n) is 21.9. The van der Waals surface area contributed by atoms with E-state index in [0.29, 0.717) is 5.56 Å². The molecule has 1 aliphatic heterocycles. The lowest BCUT2D eigenvalue weighted by atomic mass is 9.98. The molecule has 2 unspecified atom stereocenters. The normalized spacial score (nSPS) is 24.4. The number of carbonyl (C=O) groups is 1. The Bertz CT molecular complexity index is 1510. The first-order chi connectivity index (χ1) is 19.4. The third kappa shape index (κ3) is 7.34. The molecule has 41 heavy (non-hydrogen) atoms. The summed E-state index contributed by atoms with van der Waals surface area (Å²) in [6, 6.07) is 12.9. The monoisotopic (exact) mass is 595 g/mol. The molecule has 2 heterocycles. The molecule has 1 saturated heterocycles. The molecule has 220 valence electrons. The van der Waals surface area contributed by atoms with Crippen LogP contribution in [0.4, 0.5) is 8.78 Å². The van der Waals surface area contributed by atoms with E-state index in [0.717, 1.165) is 23.8 Å². The van der Waals surface area contributed by atoms with Crippen molar-refractivity contribution in [2.24, 2.45) is 0 Å². The molecule has 0 aliphatic carbocycles. The van der Waals surface area contributed by atoms with Crippen LogP contribution in [-0.2, 0) is 30.0 Å². The highest BCUT2D eigenvalue weighted by molar-refractivity contribution is 7.52. The summed E-state index contributed by atoms with van der Waals surface area (Å²) in [6.45, 7) is 1.47. The molecule has 3 aromatic rings. The molecule has 0 bridgehead atoms. The maximum Gasteiger partial charge on any atom is 0.459 e. The number of benzene rings is 2. The molecule has 1 aromatic heterocycles. The fraction of sp³-hybridized carbons (Fsp3) is 0.346. The van der Waals surface area contributed by atoms with Crippen LogP contribution in [0.15, 0.2) is 76.4 Å². The van der Waals surface area contributed by atoms with Crippen LogP contribution in [0.2, 0.25) is 0 Å². The van der Waals surface area contributed by atoms with Crippen molar-refractivity contribution in [1.29, 1.82) is 0 Å². The molecule has 12 nitrogen and oxygen atoms in total. The van der Waals surface area contributed by atoms with Crippen LogP contribution >= 0.6 is 7.75 Å². The number of para-hydroxylation sites is 1. The summed E-state index contributed by atoms with van der Waals surface area (Å²) < 4.78 is 65.0. The van der Waals surface area contributed by atoms with Gasteiger partial charge in [0.1, 0.15) is 36.4 Å². The van der Waals surface area contributed by atoms with Crippen molar-refractivity contribution in [1.82, 2.24) is 14.6 Å². The Morgan fingerprint density at radius 1 is 1.20 bits per heavy atom. The van der Waals surface area contributed by atoms with Gasteiger partial charge in [0, 0.05) is 12.3 Å². The van der Waals surface area contributed by atoms with Crippen molar-refractivity contribution in [3.05, 3.63) is 99.1 Å². The zero-order valence-corrected chi connectivity index (χ0v) is 22.8. The van der Waals surface area contributed by atoms with Crippen molar-refractivity contribution in [2.45, 2.75) is 50.6 Å². The Labute approximate surface area is 232 Å². The Kier molecular flexibility index (Phi) is 9.20. The number of carbonyl (C=O) groups excluding carboxylic acids is 1. The SMILES string of the molecule is C[C@H](NP(=O)(OC[C@H]1O[C@@H](n2ccc(=O)[nH]c2=O)C(C)(F)[C@@H]1O)Oc1ccccc1)C(=O)OCc1ccc(F)cc1. The maximum atomic E-state index is 15.5. The van der Waals surface area contributed by atoms with E-state index >= 15 is 4.39 Å². The van der Waals surface area contributed by atoms with E-state index < -0.39 is 67.5 Å². The summed E-state index contributed by atoms with van der Waals surface area (Å²) in [7, 11) is -4.41. The lowest BCUT2D eigenvalue weighted by molar-refractivity contribution is -0.146. The predicted molar refractivity (Wildman–Crippen MR) is 140 cm³/mol. The van der Waals surface area contributed by atoms with Crippen LogP contribution in [-0.4, -0.2) is 51.2 Å². The number of H-pyrrole nitrogens is 1. The second-order valence-corrected chi connectivity index (χ2v) is 11.1. The van der Waals surface area contributed by atoms with Crippen LogP contribution < -0.4 is 20.9 Å². The van der Waals surface area contributed by atoms with Crippen molar-refractivity contribution < 1.29 is 41.8 Å². The minimum absolute atomic E-state index is 0.108. The highest BCUT2D eigenvalue weighted by Gasteiger charge is 2.56. The van der Waals surface area contributed by atoms with E-state index in [1.54, 1.807) is 18.2 Å². The van der Waals surface area contributed by atoms with Crippen LogP contribution in [0.25, 0.3) is 0 Å². The minimum Gasteiger partial charge on any atom is -0.460 e. The third-order valence-corrected chi connectivity index (χ3v) is 7.84. The van der Waals surface area contributed by atoms with E-state index in [-0.39, 0.29) is 12.4 Å². The standard InChI is InChI=1S/C26H28F2N3O9P/c1-16(23(34)37-14-17-8-10-18(27)11-9-17)30-41(36,40-19-6-4-3-5-7-19)38-15-20-22(33)26(2,28)24(39-20)31-13-12-21(32)29-25(31)35/h3-13,16,20,22,24,33H,14-15H2,1-2H3,(H,30,36)(H,29,32,35)/t16-,20+,22+,24+,26?,41?/m0/s1. The van der Waals surface area contributed by atoms with Gasteiger partial charge >= 0.3 is 19.4 Å². The van der Waals surface area contributed by atoms with E-state index in [9.17, 15) is 28.4 Å². The number of hydrogen-bond acceptors (Lipinski definition) is 9. The van der Waals surface area contributed by atoms with Gasteiger partial charge in [-0.1, -0.05) is 30.3 Å². The lowest BCUT2D eigenvalue weighted by Gasteiger charge is -2.25. The van der Waals surface area contributed by atoms with Crippen LogP contribution in [0.1, 0.15) is 25.6 Å². The summed E-state index contributed by atoms with van der Waals surface area (Å²) >= 11 is 0. The van der Waals surface area contributed by atoms with E-state index in [2.05, 4.69) is 5.09 Å². The number of halogens is 2. The van der Waals surface area contributed by atoms with Crippen molar-refractivity contribution >= 4 is 13.7 Å². The molecule has 3 N–H and O–H groups in total. The molecule has 2 aromatic carbocycles. The second-order valence-electron chi connectivity index (χ2n) is 9.42. The number of aliphatic hydroxyl groups excluding tert-OH is 1. The van der Waals surface area contributed by atoms with Gasteiger partial charge in [-0.25, -0.2) is 18.1 Å². The number of esters is 1. The van der Waals surface area contributed by atoms with E-state index in [4.69, 9.17) is 18.5 Å². The number of hydrogen-bond donors (Lipinski definition) is 3. The van der Waals surface area contributed by atoms with E-state index in [1.165, 1.54) is 43.3 Å². The summed E-state index contributed by atoms with van der Waals surface area (Å²) in [5.41, 5.74) is -3.68. The van der Waals surface area contributed by atoms with Crippen molar-refractivity contribution in [2.75, 3.05) is 6.61 Å². The quantitative estimate of drug-likeness (QED) is 0.222. The van der Waals surface area contributed by atoms with Gasteiger partial charge < -0.3 is 19.1 Å². The Balaban J connectivity index is 1.47. The van der Waals surface area contributed by atoms with Gasteiger partial charge in [0.25, 0.3) is 5.56 Å². The predicted octanol–water partition coefficient (Wildman–Crippen LogP) is 2.59. The van der Waals surface area contributed by atoms with Gasteiger partial charge in [-0.05, 0) is 43.7 Å². The number of nitrogens with one attached hydrogen (secondary N) is 2. The smallest absolute Gasteiger partial charge is 0.459 e. The van der Waals surface area contributed by atoms with E-state index in [1.807, 2.05) is 4.98 Å². The van der Waals surface area contributed by atoms with Gasteiger partial charge in [0.15, 0.2) is 11.9 Å². The largest absolute Gasteiger partial charge is 0.460 e. The number of aliphatic hydroxyl groups is 1. The number of rotatable bonds is 11. The average Bonchev–Trinajstić information content (AvgIpc) is 3.15. The Morgan fingerprint density at radius 3 is 2.54 bits per heavy atom. The molecular formula is C26H28F2N3O9P. The fourth-order valence-electron chi connectivity index (χ4n) is 3.99. The molecule has 15 heteroatoms. The van der Waals surface area contributed by atoms with Crippen LogP contribution in [0.5, 0.6) is 5.75 Å². The van der Waals surface area contributed by atoms with Gasteiger partial charge in [0.05, 0.1) is 6.61 Å². The van der Waals surface area contributed by atoms with Crippen molar-refractivity contribution in [3.63, 3.8) is 0 Å². The zero-order chi connectivity index (χ0) is 29.8. The topological polar surface area (TPSA) is 158 Å². The maximum absolute atomic E-state index is 15.5. The Hall–Kier alpha value is -3.68. The second kappa shape index (κ2) is 12.5. The number of alkyl halides is 1. The molecule has 0 saturated carbocycles. The highest BCUT2D eigenvalue weighted by Crippen LogP contribution is 2.47. The van der Waals surface area contributed by atoms with Gasteiger partial charge in [-0.3, -0.25) is 23.7 Å². The number of aromatic nitrogens is 2. The number of aromatic amines is 1. The van der Waals surface area contributed by atoms with Gasteiger partial charge in [-0.2, -0.15) is 5.09 Å². The summed E-state index contributed by atoms with van der Waals surface area (Å²) in [5.74, 6) is -1.18. The van der Waals surface area contributed by atoms with Crippen LogP contribution in [0, 0.1) is 5.82 Å². The Morgan fingerprint density at radius 2 is 1.88 bits per heavy atom. The molecule has 0 amide bonds. The molecule has 0 radical (unpaired) electrons. The summed E-state index contributed by atoms with van der Waals surface area (Å²) in [5, 5.41) is 13.1. The third-order valence-electron chi connectivity index (χ3n) is 6.20. The molecule has 1 fully saturated rings. The summed E-state index contributed by atoms with van der Waals surface area (Å²) in [6.07, 6.45) is -3.93. The average molecular weight is 595 g/mol. The first-order valence-corrected chi connectivity index (χ1v) is 13.9. The van der Waals surface area contributed by atoms with Crippen molar-refractivity contribution in [3.8, 4) is 5.75 Å². The molecule has 0 spiro atoms. The number of ether oxygens (including phenoxy) is 2. The highest BCUT2D eigenvalue weighted by atomic mass is 31.2. The molecule has 4 rings (SSSR count). The first kappa shape index (κ1) is 30.3. The van der Waals surface area contributed by atoms with Crippen LogP contribution in [0.3, 0.4) is 0 Å². The summed E-state index contributed by atoms with van der Waals surface area (Å²) in [4.78, 5) is 38.2. The van der Waals surface area contributed by atoms with Gasteiger partial charge in [0.2, 0.25) is 0 Å². The first-order valence-electron chi connectivity index (χ1n) is 12.4.